The Bertz CT molecular complexity index is 1130. The summed E-state index contributed by atoms with van der Waals surface area (Å²) in [6, 6.07) is 13.8. The Balaban J connectivity index is 1.31. The molecule has 0 aliphatic heterocycles. The number of nitrogens with zero attached hydrogens (tertiary/aromatic N) is 1. The molecule has 5 atom stereocenters. The highest BCUT2D eigenvalue weighted by molar-refractivity contribution is 6.30. The average molecular weight is 592 g/mol. The third-order valence-electron chi connectivity index (χ3n) is 7.18. The third kappa shape index (κ3) is 11.7. The molecule has 0 unspecified atom stereocenters. The summed E-state index contributed by atoms with van der Waals surface area (Å²) in [5, 5.41) is 41.3. The van der Waals surface area contributed by atoms with Gasteiger partial charge in [-0.15, -0.1) is 10.1 Å². The van der Waals surface area contributed by atoms with Crippen molar-refractivity contribution in [3.63, 3.8) is 0 Å². The fraction of sp³-hybridized carbons (Fsp3) is 0.500. The summed E-state index contributed by atoms with van der Waals surface area (Å²) in [6.07, 6.45) is 5.51. The van der Waals surface area contributed by atoms with E-state index in [9.17, 15) is 30.2 Å². The number of hydrogen-bond acceptors (Lipinski definition) is 9. The topological polar surface area (TPSA) is 149 Å². The van der Waals surface area contributed by atoms with Crippen molar-refractivity contribution < 1.29 is 39.5 Å². The third-order valence-corrected chi connectivity index (χ3v) is 7.41. The summed E-state index contributed by atoms with van der Waals surface area (Å²) in [6.45, 7) is 0.105. The van der Waals surface area contributed by atoms with Gasteiger partial charge in [-0.1, -0.05) is 54.1 Å². The standard InChI is InChI=1S/C30H38ClNO9/c31-23-6-5-7-25(16-23)39-20-24(33)14-15-27-26(28(34)17-29(27)35)8-3-1-2-4-9-30(36)40-18-21-10-12-22(13-11-21)19-41-32(37)38/h1,3,5-7,10-13,16,24,26-29,33-35H,2,4,8-9,14-15,17-20H2/b3-1-/t24-,26-,27-,28+,29-/m1/s1. The van der Waals surface area contributed by atoms with E-state index in [1.165, 1.54) is 0 Å². The molecule has 0 bridgehead atoms. The van der Waals surface area contributed by atoms with E-state index in [2.05, 4.69) is 4.84 Å². The molecule has 0 spiro atoms. The van der Waals surface area contributed by atoms with Gasteiger partial charge in [0.25, 0.3) is 5.09 Å². The van der Waals surface area contributed by atoms with E-state index in [-0.39, 0.29) is 44.0 Å². The minimum absolute atomic E-state index is 0.107. The van der Waals surface area contributed by atoms with Gasteiger partial charge in [-0.3, -0.25) is 4.79 Å². The summed E-state index contributed by atoms with van der Waals surface area (Å²) < 4.78 is 10.9. The molecule has 1 aliphatic rings. The van der Waals surface area contributed by atoms with Gasteiger partial charge >= 0.3 is 5.97 Å². The van der Waals surface area contributed by atoms with Crippen LogP contribution in [0.4, 0.5) is 0 Å². The molecular weight excluding hydrogens is 554 g/mol. The quantitative estimate of drug-likeness (QED) is 0.0776. The van der Waals surface area contributed by atoms with Crippen LogP contribution in [0.15, 0.2) is 60.7 Å². The van der Waals surface area contributed by atoms with Crippen LogP contribution in [0, 0.1) is 22.0 Å². The van der Waals surface area contributed by atoms with Gasteiger partial charge in [-0.05, 0) is 79.7 Å². The van der Waals surface area contributed by atoms with Crippen molar-refractivity contribution in [3.8, 4) is 5.75 Å². The lowest BCUT2D eigenvalue weighted by atomic mass is 9.86. The first-order valence-electron chi connectivity index (χ1n) is 13.8. The van der Waals surface area contributed by atoms with Crippen LogP contribution in [0.2, 0.25) is 5.02 Å². The van der Waals surface area contributed by atoms with Crippen LogP contribution < -0.4 is 4.74 Å². The molecular formula is C30H38ClNO9. The predicted molar refractivity (Wildman–Crippen MR) is 151 cm³/mol. The minimum atomic E-state index is -0.847. The van der Waals surface area contributed by atoms with Crippen LogP contribution in [0.1, 0.15) is 56.1 Å². The first-order chi connectivity index (χ1) is 19.7. The van der Waals surface area contributed by atoms with Crippen molar-refractivity contribution >= 4 is 17.6 Å². The Morgan fingerprint density at radius 2 is 1.78 bits per heavy atom. The smallest absolute Gasteiger partial charge is 0.306 e. The van der Waals surface area contributed by atoms with Crippen molar-refractivity contribution in [2.24, 2.45) is 11.8 Å². The molecule has 1 fully saturated rings. The second-order valence-electron chi connectivity index (χ2n) is 10.3. The van der Waals surface area contributed by atoms with Crippen LogP contribution in [-0.2, 0) is 27.6 Å². The van der Waals surface area contributed by atoms with Crippen molar-refractivity contribution in [1.82, 2.24) is 0 Å². The molecule has 2 aromatic carbocycles. The molecule has 41 heavy (non-hydrogen) atoms. The molecule has 0 amide bonds. The van der Waals surface area contributed by atoms with Gasteiger partial charge in [0.15, 0.2) is 0 Å². The van der Waals surface area contributed by atoms with Crippen molar-refractivity contribution in [2.75, 3.05) is 6.61 Å². The Morgan fingerprint density at radius 3 is 2.49 bits per heavy atom. The lowest BCUT2D eigenvalue weighted by Crippen LogP contribution is -2.25. The number of benzene rings is 2. The maximum Gasteiger partial charge on any atom is 0.306 e. The summed E-state index contributed by atoms with van der Waals surface area (Å²) in [5.74, 6) is 0.0371. The van der Waals surface area contributed by atoms with Gasteiger partial charge in [-0.25, -0.2) is 0 Å². The molecule has 0 heterocycles. The minimum Gasteiger partial charge on any atom is -0.491 e. The number of unbranched alkanes of at least 4 members (excludes halogenated alkanes) is 1. The Labute approximate surface area is 244 Å². The summed E-state index contributed by atoms with van der Waals surface area (Å²) >= 11 is 5.95. The van der Waals surface area contributed by atoms with E-state index in [0.29, 0.717) is 54.9 Å². The molecule has 0 aromatic heterocycles. The number of allylic oxidation sites excluding steroid dienone is 2. The molecule has 3 N–H and O–H groups in total. The maximum absolute atomic E-state index is 12.1. The molecule has 224 valence electrons. The van der Waals surface area contributed by atoms with Gasteiger partial charge in [-0.2, -0.15) is 0 Å². The molecule has 11 heteroatoms. The van der Waals surface area contributed by atoms with E-state index in [1.807, 2.05) is 12.2 Å². The highest BCUT2D eigenvalue weighted by Crippen LogP contribution is 2.38. The zero-order valence-corrected chi connectivity index (χ0v) is 23.6. The number of ether oxygens (including phenoxy) is 2. The molecule has 2 aromatic rings. The Kier molecular flexibility index (Phi) is 13.4. The first kappa shape index (κ1) is 32.3. The predicted octanol–water partition coefficient (Wildman–Crippen LogP) is 4.79. The number of rotatable bonds is 17. The van der Waals surface area contributed by atoms with Gasteiger partial charge in [0.2, 0.25) is 0 Å². The first-order valence-corrected chi connectivity index (χ1v) is 14.2. The number of aliphatic hydroxyl groups is 3. The molecule has 1 saturated carbocycles. The van der Waals surface area contributed by atoms with Crippen LogP contribution in [0.25, 0.3) is 0 Å². The number of hydrogen-bond donors (Lipinski definition) is 3. The molecule has 0 radical (unpaired) electrons. The largest absolute Gasteiger partial charge is 0.491 e. The van der Waals surface area contributed by atoms with Gasteiger partial charge in [0.05, 0.1) is 18.3 Å². The van der Waals surface area contributed by atoms with Gasteiger partial charge < -0.3 is 29.6 Å². The second-order valence-corrected chi connectivity index (χ2v) is 10.7. The highest BCUT2D eigenvalue weighted by atomic mass is 35.5. The van der Waals surface area contributed by atoms with Crippen molar-refractivity contribution in [3.05, 3.63) is 86.9 Å². The molecule has 0 saturated heterocycles. The fourth-order valence-electron chi connectivity index (χ4n) is 4.95. The van der Waals surface area contributed by atoms with Crippen LogP contribution in [-0.4, -0.2) is 51.3 Å². The monoisotopic (exact) mass is 591 g/mol. The maximum atomic E-state index is 12.1. The zero-order chi connectivity index (χ0) is 29.6. The van der Waals surface area contributed by atoms with Gasteiger partial charge in [0, 0.05) is 11.4 Å². The van der Waals surface area contributed by atoms with Crippen LogP contribution >= 0.6 is 11.6 Å². The highest BCUT2D eigenvalue weighted by Gasteiger charge is 2.40. The normalized spacial score (nSPS) is 21.1. The van der Waals surface area contributed by atoms with Crippen LogP contribution in [0.3, 0.4) is 0 Å². The van der Waals surface area contributed by atoms with Crippen LogP contribution in [0.5, 0.6) is 5.75 Å². The summed E-state index contributed by atoms with van der Waals surface area (Å²) in [5.41, 5.74) is 1.42. The molecule has 10 nitrogen and oxygen atoms in total. The average Bonchev–Trinajstić information content (AvgIpc) is 3.22. The van der Waals surface area contributed by atoms with Gasteiger partial charge in [0.1, 0.15) is 25.6 Å². The number of esters is 1. The second kappa shape index (κ2) is 16.9. The van der Waals surface area contributed by atoms with E-state index >= 15 is 0 Å². The lowest BCUT2D eigenvalue weighted by molar-refractivity contribution is -0.763. The summed E-state index contributed by atoms with van der Waals surface area (Å²) in [7, 11) is 0. The summed E-state index contributed by atoms with van der Waals surface area (Å²) in [4.78, 5) is 26.6. The van der Waals surface area contributed by atoms with E-state index in [0.717, 1.165) is 5.56 Å². The number of halogens is 1. The fourth-order valence-corrected chi connectivity index (χ4v) is 5.13. The van der Waals surface area contributed by atoms with E-state index in [1.54, 1.807) is 48.5 Å². The lowest BCUT2D eigenvalue weighted by Gasteiger charge is -2.23. The SMILES string of the molecule is O=C(CCC/C=C\C[C@@H]1[C@@H](CC[C@@H](O)COc2cccc(Cl)c2)[C@H](O)C[C@@H]1O)OCc1ccc(CO[N+](=O)[O-])cc1. The van der Waals surface area contributed by atoms with Crippen molar-refractivity contribution in [1.29, 1.82) is 0 Å². The Morgan fingerprint density at radius 1 is 1.07 bits per heavy atom. The van der Waals surface area contributed by atoms with Crippen molar-refractivity contribution in [2.45, 2.75) is 76.5 Å². The zero-order valence-electron chi connectivity index (χ0n) is 22.8. The van der Waals surface area contributed by atoms with E-state index in [4.69, 9.17) is 21.1 Å². The number of aliphatic hydroxyl groups excluding tert-OH is 3. The molecule has 1 aliphatic carbocycles. The molecule has 3 rings (SSSR count). The number of carbonyl (C=O) groups is 1. The Hall–Kier alpha value is -3.18. The number of carbonyl (C=O) groups excluding carboxylic acids is 1. The van der Waals surface area contributed by atoms with E-state index < -0.39 is 23.4 Å².